The molecule has 1 spiro atoms. The van der Waals surface area contributed by atoms with Gasteiger partial charge >= 0.3 is 0 Å². The van der Waals surface area contributed by atoms with Crippen LogP contribution in [0.2, 0.25) is 18.6 Å². The van der Waals surface area contributed by atoms with Crippen LogP contribution in [0.4, 0.5) is 17.1 Å². The fourth-order valence-electron chi connectivity index (χ4n) is 8.39. The summed E-state index contributed by atoms with van der Waals surface area (Å²) in [6.45, 7) is 6.33. The lowest BCUT2D eigenvalue weighted by Gasteiger charge is -2.33. The highest BCUT2D eigenvalue weighted by Gasteiger charge is 2.66. The second-order valence-corrected chi connectivity index (χ2v) is 17.7. The maximum absolute atomic E-state index is 14.8. The van der Waals surface area contributed by atoms with Gasteiger partial charge in [0.1, 0.15) is 5.75 Å². The lowest BCUT2D eigenvalue weighted by Crippen LogP contribution is -2.46. The van der Waals surface area contributed by atoms with Crippen molar-refractivity contribution in [2.45, 2.75) is 69.1 Å². The van der Waals surface area contributed by atoms with Crippen molar-refractivity contribution in [2.75, 3.05) is 29.6 Å². The molecule has 3 aromatic carbocycles. The molecule has 2 saturated heterocycles. The molecule has 4 aliphatic heterocycles. The largest absolute Gasteiger partial charge is 0.482 e. The molecule has 0 radical (unpaired) electrons. The van der Waals surface area contributed by atoms with Crippen LogP contribution in [0, 0.1) is 5.92 Å². The third-order valence-electron chi connectivity index (χ3n) is 10.4. The minimum Gasteiger partial charge on any atom is -0.482 e. The van der Waals surface area contributed by atoms with E-state index in [4.69, 9.17) is 9.47 Å². The van der Waals surface area contributed by atoms with Gasteiger partial charge in [0.05, 0.1) is 43.1 Å². The number of nitrogens with zero attached hydrogens (tertiary/aromatic N) is 3. The van der Waals surface area contributed by atoms with Crippen LogP contribution in [0.15, 0.2) is 72.8 Å². The van der Waals surface area contributed by atoms with Crippen LogP contribution in [0.1, 0.15) is 37.3 Å². The zero-order valence-electron chi connectivity index (χ0n) is 27.0. The smallest absolute Gasteiger partial charge is 0.269 e. The van der Waals surface area contributed by atoms with Crippen LogP contribution >= 0.6 is 0 Å². The number of hydrogen-bond acceptors (Lipinski definition) is 7. The number of anilines is 3. The number of carbonyl (C=O) groups excluding carboxylic acids is 3. The van der Waals surface area contributed by atoms with Gasteiger partial charge in [0.2, 0.25) is 5.91 Å². The highest BCUT2D eigenvalue weighted by Crippen LogP contribution is 2.59. The van der Waals surface area contributed by atoms with Gasteiger partial charge in [-0.3, -0.25) is 19.3 Å². The minimum atomic E-state index is -2.95. The summed E-state index contributed by atoms with van der Waals surface area (Å²) in [5.41, 5.74) is 1.89. The molecule has 2 fully saturated rings. The quantitative estimate of drug-likeness (QED) is 0.361. The number of aliphatic hydroxyl groups excluding tert-OH is 1. The topological polar surface area (TPSA) is 120 Å². The van der Waals surface area contributed by atoms with Crippen LogP contribution in [-0.2, 0) is 31.3 Å². The van der Waals surface area contributed by atoms with E-state index in [0.717, 1.165) is 29.7 Å². The maximum Gasteiger partial charge on any atom is 0.269 e. The Labute approximate surface area is 275 Å². The molecule has 0 saturated carbocycles. The Balaban J connectivity index is 1.21. The molecule has 7 rings (SSSR count). The van der Waals surface area contributed by atoms with Gasteiger partial charge in [-0.25, -0.2) is 0 Å². The maximum atomic E-state index is 14.8. The number of aliphatic hydroxyl groups is 1. The van der Waals surface area contributed by atoms with Crippen molar-refractivity contribution in [1.82, 2.24) is 4.90 Å². The first-order chi connectivity index (χ1) is 22.5. The van der Waals surface area contributed by atoms with E-state index in [-0.39, 0.29) is 55.5 Å². The average molecular weight is 656 g/mol. The Morgan fingerprint density at radius 1 is 1.02 bits per heavy atom. The number of likely N-dealkylation sites (tertiary alicyclic amines) is 1. The molecule has 10 nitrogen and oxygen atoms in total. The van der Waals surface area contributed by atoms with Crippen molar-refractivity contribution in [3.05, 3.63) is 83.9 Å². The van der Waals surface area contributed by atoms with E-state index >= 15 is 0 Å². The van der Waals surface area contributed by atoms with Crippen molar-refractivity contribution in [2.24, 2.45) is 5.92 Å². The number of benzene rings is 3. The Morgan fingerprint density at radius 3 is 2.53 bits per heavy atom. The summed E-state index contributed by atoms with van der Waals surface area (Å²) in [7, 11) is -2.95. The van der Waals surface area contributed by atoms with Gasteiger partial charge in [0.25, 0.3) is 11.8 Å². The second-order valence-electron chi connectivity index (χ2n) is 13.7. The molecule has 47 heavy (non-hydrogen) atoms. The third kappa shape index (κ3) is 5.16. The summed E-state index contributed by atoms with van der Waals surface area (Å²) < 4.78 is 12.5. The molecular weight excluding hydrogens is 614 g/mol. The molecule has 11 heteroatoms. The van der Waals surface area contributed by atoms with Gasteiger partial charge in [0.15, 0.2) is 20.5 Å². The molecule has 5 atom stereocenters. The molecule has 4 aliphatic rings. The number of carbonyl (C=O) groups is 3. The standard InChI is InChI=1S/C36H41N3O7Si/c1-23-34(47(2,3)44)31(19-32(41)37-17-9-12-26(37)21-40)46-36(23)27-13-4-5-14-28(27)38(35(36)43)20-24-10-8-11-25(18-24)39-29-15-6-7-16-30(29)45-22-33(39)42/h4-8,10-11,13-16,18,23,26,31,34,40,44H,9,12,17,19-22H2,1-3H3/t23-,26+,31+,34-,36+/m1/s1. The molecule has 3 aromatic rings. The van der Waals surface area contributed by atoms with Crippen LogP contribution in [0.5, 0.6) is 5.75 Å². The first kappa shape index (κ1) is 31.6. The molecule has 0 aliphatic carbocycles. The number of para-hydroxylation sites is 3. The van der Waals surface area contributed by atoms with Gasteiger partial charge in [0, 0.05) is 29.3 Å². The predicted molar refractivity (Wildman–Crippen MR) is 179 cm³/mol. The van der Waals surface area contributed by atoms with Crippen LogP contribution in [0.25, 0.3) is 0 Å². The predicted octanol–water partition coefficient (Wildman–Crippen LogP) is 4.46. The zero-order chi connectivity index (χ0) is 33.1. The van der Waals surface area contributed by atoms with E-state index in [9.17, 15) is 24.3 Å². The average Bonchev–Trinajstić information content (AvgIpc) is 3.71. The number of rotatable bonds is 7. The van der Waals surface area contributed by atoms with E-state index in [1.54, 1.807) is 14.7 Å². The fourth-order valence-corrected chi connectivity index (χ4v) is 10.9. The van der Waals surface area contributed by atoms with Crippen LogP contribution < -0.4 is 14.5 Å². The first-order valence-corrected chi connectivity index (χ1v) is 19.4. The lowest BCUT2D eigenvalue weighted by atomic mass is 9.82. The van der Waals surface area contributed by atoms with E-state index in [0.29, 0.717) is 23.7 Å². The summed E-state index contributed by atoms with van der Waals surface area (Å²) in [5.74, 6) is -0.295. The molecule has 0 unspecified atom stereocenters. The van der Waals surface area contributed by atoms with Crippen molar-refractivity contribution >= 4 is 43.1 Å². The van der Waals surface area contributed by atoms with E-state index in [2.05, 4.69) is 0 Å². The number of amides is 3. The number of hydrogen-bond donors (Lipinski definition) is 2. The fraction of sp³-hybridized carbons (Fsp3) is 0.417. The summed E-state index contributed by atoms with van der Waals surface area (Å²) in [6, 6.07) is 22.4. The Bertz CT molecular complexity index is 1730. The van der Waals surface area contributed by atoms with Crippen molar-refractivity contribution in [1.29, 1.82) is 0 Å². The van der Waals surface area contributed by atoms with Crippen LogP contribution in [0.3, 0.4) is 0 Å². The third-order valence-corrected chi connectivity index (χ3v) is 12.9. The molecule has 2 N–H and O–H groups in total. The first-order valence-electron chi connectivity index (χ1n) is 16.4. The molecule has 0 bridgehead atoms. The lowest BCUT2D eigenvalue weighted by molar-refractivity contribution is -0.150. The minimum absolute atomic E-state index is 0.0385. The summed E-state index contributed by atoms with van der Waals surface area (Å²) >= 11 is 0. The van der Waals surface area contributed by atoms with Crippen molar-refractivity contribution < 1.29 is 33.8 Å². The summed E-state index contributed by atoms with van der Waals surface area (Å²) in [4.78, 5) is 58.1. The number of ether oxygens (including phenoxy) is 2. The van der Waals surface area contributed by atoms with Gasteiger partial charge in [-0.05, 0) is 61.8 Å². The normalized spacial score (nSPS) is 27.0. The molecular formula is C36H41N3O7Si. The highest BCUT2D eigenvalue weighted by atomic mass is 28.4. The van der Waals surface area contributed by atoms with Gasteiger partial charge < -0.3 is 29.2 Å². The Kier molecular flexibility index (Phi) is 7.98. The molecule has 4 heterocycles. The van der Waals surface area contributed by atoms with E-state index in [1.165, 1.54) is 0 Å². The summed E-state index contributed by atoms with van der Waals surface area (Å²) in [5, 5.41) is 9.85. The van der Waals surface area contributed by atoms with Gasteiger partial charge in [-0.15, -0.1) is 0 Å². The van der Waals surface area contributed by atoms with Gasteiger partial charge in [-0.2, -0.15) is 0 Å². The molecule has 246 valence electrons. The zero-order valence-corrected chi connectivity index (χ0v) is 28.0. The molecule has 3 amide bonds. The monoisotopic (exact) mass is 655 g/mol. The van der Waals surface area contributed by atoms with Crippen molar-refractivity contribution in [3.8, 4) is 5.75 Å². The molecule has 0 aromatic heterocycles. The second kappa shape index (κ2) is 11.9. The van der Waals surface area contributed by atoms with E-state index < -0.39 is 25.9 Å². The summed E-state index contributed by atoms with van der Waals surface area (Å²) in [6.07, 6.45) is 0.973. The van der Waals surface area contributed by atoms with Crippen molar-refractivity contribution in [3.63, 3.8) is 0 Å². The van der Waals surface area contributed by atoms with Gasteiger partial charge in [-0.1, -0.05) is 49.4 Å². The Morgan fingerprint density at radius 2 is 1.77 bits per heavy atom. The van der Waals surface area contributed by atoms with Crippen LogP contribution in [-0.4, -0.2) is 72.7 Å². The van der Waals surface area contributed by atoms with E-state index in [1.807, 2.05) is 92.8 Å². The highest BCUT2D eigenvalue weighted by molar-refractivity contribution is 6.71. The Hall–Kier alpha value is -4.03. The SMILES string of the molecule is C[C@@H]1[C@@H]([Si](C)(C)O)[C@H](CC(=O)N2CCC[C@H]2CO)O[C@@]12C(=O)N(Cc1cccc(N3C(=O)COc4ccccc43)c1)c1ccccc12. The number of fused-ring (bicyclic) bond motifs is 3.